The van der Waals surface area contributed by atoms with Crippen molar-refractivity contribution in [3.8, 4) is 0 Å². The van der Waals surface area contributed by atoms with E-state index in [1.54, 1.807) is 5.38 Å². The number of fused-ring (bicyclic) bond motifs is 1. The second kappa shape index (κ2) is 7.71. The van der Waals surface area contributed by atoms with Crippen LogP contribution in [0.2, 0.25) is 0 Å². The molecule has 0 aliphatic rings. The summed E-state index contributed by atoms with van der Waals surface area (Å²) >= 11 is 1.10. The fourth-order valence-corrected chi connectivity index (χ4v) is 4.08. The highest BCUT2D eigenvalue weighted by molar-refractivity contribution is 7.04. The summed E-state index contributed by atoms with van der Waals surface area (Å²) in [6.07, 6.45) is 0. The van der Waals surface area contributed by atoms with Crippen LogP contribution < -0.4 is 16.6 Å². The molecule has 148 valence electrons. The fourth-order valence-electron chi connectivity index (χ4n) is 3.41. The maximum atomic E-state index is 12.9. The van der Waals surface area contributed by atoms with Gasteiger partial charge in [-0.3, -0.25) is 18.7 Å². The maximum absolute atomic E-state index is 12.9. The van der Waals surface area contributed by atoms with Crippen molar-refractivity contribution in [3.05, 3.63) is 55.0 Å². The van der Waals surface area contributed by atoms with Crippen molar-refractivity contribution < 1.29 is 4.79 Å². The van der Waals surface area contributed by atoms with E-state index in [1.165, 1.54) is 9.13 Å². The number of hydrogen-bond donors (Lipinski definition) is 1. The molecule has 0 saturated carbocycles. The monoisotopic (exact) mass is 400 g/mol. The lowest BCUT2D eigenvalue weighted by atomic mass is 10.1. The van der Waals surface area contributed by atoms with Gasteiger partial charge in [-0.05, 0) is 49.3 Å². The normalized spacial score (nSPS) is 11.4. The minimum Gasteiger partial charge on any atom is -0.324 e. The maximum Gasteiger partial charge on any atom is 0.332 e. The van der Waals surface area contributed by atoms with Gasteiger partial charge in [0.1, 0.15) is 6.54 Å². The summed E-state index contributed by atoms with van der Waals surface area (Å²) in [6, 6.07) is 4.00. The Morgan fingerprint density at radius 3 is 2.39 bits per heavy atom. The molecule has 0 aliphatic heterocycles. The van der Waals surface area contributed by atoms with Crippen molar-refractivity contribution in [3.63, 3.8) is 0 Å². The van der Waals surface area contributed by atoms with Gasteiger partial charge in [0.05, 0.1) is 5.52 Å². The molecule has 0 saturated heterocycles. The highest BCUT2D eigenvalue weighted by Gasteiger charge is 2.18. The molecular formula is C20H24N4O3S. The minimum atomic E-state index is -0.487. The third-order valence-corrected chi connectivity index (χ3v) is 5.16. The van der Waals surface area contributed by atoms with Gasteiger partial charge < -0.3 is 5.32 Å². The van der Waals surface area contributed by atoms with Crippen molar-refractivity contribution in [2.24, 2.45) is 5.92 Å². The number of benzene rings is 1. The topological polar surface area (TPSA) is 86.0 Å². The van der Waals surface area contributed by atoms with Gasteiger partial charge in [0.15, 0.2) is 5.52 Å². The zero-order valence-electron chi connectivity index (χ0n) is 16.7. The summed E-state index contributed by atoms with van der Waals surface area (Å²) in [5.41, 5.74) is 3.52. The summed E-state index contributed by atoms with van der Waals surface area (Å²) in [5, 5.41) is 4.54. The zero-order chi connectivity index (χ0) is 20.6. The molecule has 1 amide bonds. The van der Waals surface area contributed by atoms with E-state index in [0.717, 1.165) is 33.9 Å². The van der Waals surface area contributed by atoms with Gasteiger partial charge in [-0.2, -0.15) is 4.37 Å². The molecule has 0 aliphatic carbocycles. The predicted molar refractivity (Wildman–Crippen MR) is 112 cm³/mol. The van der Waals surface area contributed by atoms with Gasteiger partial charge in [-0.15, -0.1) is 0 Å². The molecule has 1 N–H and O–H groups in total. The summed E-state index contributed by atoms with van der Waals surface area (Å²) < 4.78 is 6.63. The Morgan fingerprint density at radius 1 is 1.14 bits per heavy atom. The molecule has 1 aromatic carbocycles. The van der Waals surface area contributed by atoms with Crippen molar-refractivity contribution >= 4 is 34.2 Å². The molecule has 3 rings (SSSR count). The van der Waals surface area contributed by atoms with E-state index < -0.39 is 11.2 Å². The molecule has 7 nitrogen and oxygen atoms in total. The lowest BCUT2D eigenvalue weighted by Crippen LogP contribution is -2.42. The quantitative estimate of drug-likeness (QED) is 0.714. The molecule has 0 radical (unpaired) electrons. The van der Waals surface area contributed by atoms with Crippen molar-refractivity contribution in [2.75, 3.05) is 5.32 Å². The molecule has 28 heavy (non-hydrogen) atoms. The number of aromatic nitrogens is 3. The van der Waals surface area contributed by atoms with Crippen LogP contribution in [0.25, 0.3) is 11.0 Å². The number of hydrogen-bond acceptors (Lipinski definition) is 5. The first kappa shape index (κ1) is 20.0. The molecule has 2 aromatic heterocycles. The van der Waals surface area contributed by atoms with Gasteiger partial charge in [0.25, 0.3) is 5.56 Å². The average molecular weight is 401 g/mol. The van der Waals surface area contributed by atoms with Crippen molar-refractivity contribution in [1.82, 2.24) is 13.5 Å². The lowest BCUT2D eigenvalue weighted by Gasteiger charge is -2.15. The van der Waals surface area contributed by atoms with Gasteiger partial charge >= 0.3 is 5.69 Å². The standard InChI is InChI=1S/C20H24N4O3S/c1-11(2)8-24-19(26)18-15(10-28-22-18)23(20(24)27)9-16(25)21-17-13(4)6-12(3)7-14(17)5/h6-7,10-11H,8-9H2,1-5H3,(H,21,25). The molecule has 0 fully saturated rings. The van der Waals surface area contributed by atoms with Gasteiger partial charge in [-0.25, -0.2) is 4.79 Å². The van der Waals surface area contributed by atoms with E-state index in [1.807, 2.05) is 46.8 Å². The van der Waals surface area contributed by atoms with E-state index in [2.05, 4.69) is 9.69 Å². The molecule has 8 heteroatoms. The number of nitrogens with zero attached hydrogens (tertiary/aromatic N) is 3. The Morgan fingerprint density at radius 2 is 1.79 bits per heavy atom. The van der Waals surface area contributed by atoms with Crippen LogP contribution in [-0.4, -0.2) is 19.4 Å². The van der Waals surface area contributed by atoms with E-state index in [-0.39, 0.29) is 30.4 Å². The number of anilines is 1. The van der Waals surface area contributed by atoms with Gasteiger partial charge in [0.2, 0.25) is 5.91 Å². The SMILES string of the molecule is Cc1cc(C)c(NC(=O)Cn2c(=O)n(CC(C)C)c(=O)c3nscc32)c(C)c1. The third-order valence-electron chi connectivity index (χ3n) is 4.54. The van der Waals surface area contributed by atoms with E-state index in [9.17, 15) is 14.4 Å². The summed E-state index contributed by atoms with van der Waals surface area (Å²) in [7, 11) is 0. The smallest absolute Gasteiger partial charge is 0.324 e. The van der Waals surface area contributed by atoms with Crippen LogP contribution >= 0.6 is 11.5 Å². The molecule has 0 atom stereocenters. The average Bonchev–Trinajstić information content (AvgIpc) is 3.08. The van der Waals surface area contributed by atoms with E-state index in [0.29, 0.717) is 5.52 Å². The van der Waals surface area contributed by atoms with Crippen LogP contribution in [0.3, 0.4) is 0 Å². The first-order chi connectivity index (χ1) is 13.2. The highest BCUT2D eigenvalue weighted by Crippen LogP contribution is 2.22. The van der Waals surface area contributed by atoms with Crippen molar-refractivity contribution in [1.29, 1.82) is 0 Å². The van der Waals surface area contributed by atoms with Crippen LogP contribution in [0.1, 0.15) is 30.5 Å². The number of nitrogens with one attached hydrogen (secondary N) is 1. The van der Waals surface area contributed by atoms with Gasteiger partial charge in [-0.1, -0.05) is 31.5 Å². The Hall–Kier alpha value is -2.74. The summed E-state index contributed by atoms with van der Waals surface area (Å²) in [5.74, 6) is -0.207. The third kappa shape index (κ3) is 3.77. The number of carbonyl (C=O) groups is 1. The summed E-state index contributed by atoms with van der Waals surface area (Å²) in [6.45, 7) is 9.83. The number of rotatable bonds is 5. The molecule has 3 aromatic rings. The molecule has 0 unspecified atom stereocenters. The Kier molecular flexibility index (Phi) is 5.51. The number of aryl methyl sites for hydroxylation is 3. The van der Waals surface area contributed by atoms with E-state index >= 15 is 0 Å². The minimum absolute atomic E-state index is 0.113. The Balaban J connectivity index is 2.01. The summed E-state index contributed by atoms with van der Waals surface area (Å²) in [4.78, 5) is 38.2. The Bertz CT molecular complexity index is 1150. The van der Waals surface area contributed by atoms with Crippen LogP contribution in [0.5, 0.6) is 0 Å². The lowest BCUT2D eigenvalue weighted by molar-refractivity contribution is -0.116. The molecule has 0 spiro atoms. The largest absolute Gasteiger partial charge is 0.332 e. The van der Waals surface area contributed by atoms with Crippen LogP contribution in [0.4, 0.5) is 5.69 Å². The van der Waals surface area contributed by atoms with E-state index in [4.69, 9.17) is 0 Å². The fraction of sp³-hybridized carbons (Fsp3) is 0.400. The van der Waals surface area contributed by atoms with Crippen molar-refractivity contribution in [2.45, 2.75) is 47.7 Å². The van der Waals surface area contributed by atoms with Crippen LogP contribution in [0.15, 0.2) is 27.1 Å². The first-order valence-corrected chi connectivity index (χ1v) is 9.98. The molecular weight excluding hydrogens is 376 g/mol. The second-order valence-corrected chi connectivity index (χ2v) is 8.18. The van der Waals surface area contributed by atoms with Crippen LogP contribution in [-0.2, 0) is 17.9 Å². The predicted octanol–water partition coefficient (Wildman–Crippen LogP) is 2.84. The van der Waals surface area contributed by atoms with Gasteiger partial charge in [0, 0.05) is 17.6 Å². The number of carbonyl (C=O) groups excluding carboxylic acids is 1. The molecule has 2 heterocycles. The second-order valence-electron chi connectivity index (χ2n) is 7.55. The number of amides is 1. The highest BCUT2D eigenvalue weighted by atomic mass is 32.1. The molecule has 0 bridgehead atoms. The van der Waals surface area contributed by atoms with Crippen LogP contribution in [0, 0.1) is 26.7 Å². The zero-order valence-corrected chi connectivity index (χ0v) is 17.5. The Labute approximate surface area is 166 Å². The first-order valence-electron chi connectivity index (χ1n) is 9.14.